The first-order chi connectivity index (χ1) is 8.68. The van der Waals surface area contributed by atoms with E-state index in [0.717, 1.165) is 12.1 Å². The number of hydrogen-bond acceptors (Lipinski definition) is 4. The Morgan fingerprint density at radius 3 is 2.26 bits per heavy atom. The zero-order valence-electron chi connectivity index (χ0n) is 9.26. The molecule has 0 aromatic heterocycles. The SMILES string of the molecule is O=Cc1ccc(C(O)C(O)C(=O)O)cc1C(F)(F)F. The minimum atomic E-state index is -4.83. The van der Waals surface area contributed by atoms with Gasteiger partial charge in [-0.15, -0.1) is 0 Å². The Morgan fingerprint density at radius 2 is 1.84 bits per heavy atom. The van der Waals surface area contributed by atoms with E-state index in [9.17, 15) is 27.9 Å². The molecule has 1 aromatic carbocycles. The molecule has 19 heavy (non-hydrogen) atoms. The minimum absolute atomic E-state index is 0.00733. The highest BCUT2D eigenvalue weighted by molar-refractivity contribution is 5.78. The predicted molar refractivity (Wildman–Crippen MR) is 55.4 cm³/mol. The molecule has 5 nitrogen and oxygen atoms in total. The maximum atomic E-state index is 12.6. The van der Waals surface area contributed by atoms with Crippen molar-refractivity contribution in [3.8, 4) is 0 Å². The zero-order chi connectivity index (χ0) is 14.8. The van der Waals surface area contributed by atoms with Crippen LogP contribution < -0.4 is 0 Å². The second-order valence-electron chi connectivity index (χ2n) is 3.69. The molecule has 0 amide bonds. The van der Waals surface area contributed by atoms with Crippen molar-refractivity contribution in [2.24, 2.45) is 0 Å². The van der Waals surface area contributed by atoms with Crippen LogP contribution in [0.1, 0.15) is 27.6 Å². The van der Waals surface area contributed by atoms with Crippen LogP contribution in [0.15, 0.2) is 18.2 Å². The van der Waals surface area contributed by atoms with E-state index < -0.39 is 41.0 Å². The fraction of sp³-hybridized carbons (Fsp3) is 0.273. The van der Waals surface area contributed by atoms with E-state index in [-0.39, 0.29) is 6.29 Å². The molecule has 0 heterocycles. The van der Waals surface area contributed by atoms with Crippen molar-refractivity contribution in [2.45, 2.75) is 18.4 Å². The molecule has 0 aliphatic carbocycles. The largest absolute Gasteiger partial charge is 0.479 e. The first-order valence-corrected chi connectivity index (χ1v) is 4.93. The summed E-state index contributed by atoms with van der Waals surface area (Å²) in [7, 11) is 0. The standard InChI is InChI=1S/C11H9F3O5/c12-11(13,14)7-3-5(1-2-6(7)4-15)8(16)9(17)10(18)19/h1-4,8-9,16-17H,(H,18,19). The average molecular weight is 278 g/mol. The van der Waals surface area contributed by atoms with Gasteiger partial charge in [-0.25, -0.2) is 4.79 Å². The number of carboxylic acids is 1. The number of aliphatic hydroxyl groups excluding tert-OH is 2. The number of aldehydes is 1. The van der Waals surface area contributed by atoms with E-state index in [1.807, 2.05) is 0 Å². The second-order valence-corrected chi connectivity index (χ2v) is 3.69. The summed E-state index contributed by atoms with van der Waals surface area (Å²) in [5, 5.41) is 27.0. The summed E-state index contributed by atoms with van der Waals surface area (Å²) in [6, 6.07) is 2.17. The lowest BCUT2D eigenvalue weighted by atomic mass is 9.98. The topological polar surface area (TPSA) is 94.8 Å². The van der Waals surface area contributed by atoms with Gasteiger partial charge in [-0.3, -0.25) is 4.79 Å². The molecule has 0 saturated carbocycles. The fourth-order valence-corrected chi connectivity index (χ4v) is 1.42. The van der Waals surface area contributed by atoms with Gasteiger partial charge in [-0.2, -0.15) is 13.2 Å². The van der Waals surface area contributed by atoms with Crippen molar-refractivity contribution >= 4 is 12.3 Å². The maximum Gasteiger partial charge on any atom is 0.417 e. The smallest absolute Gasteiger partial charge is 0.417 e. The van der Waals surface area contributed by atoms with Gasteiger partial charge in [-0.05, 0) is 11.6 Å². The Hall–Kier alpha value is -1.93. The molecule has 1 rings (SSSR count). The highest BCUT2D eigenvalue weighted by Gasteiger charge is 2.35. The summed E-state index contributed by atoms with van der Waals surface area (Å²) in [5.74, 6) is -1.78. The van der Waals surface area contributed by atoms with Gasteiger partial charge in [0.25, 0.3) is 0 Å². The van der Waals surface area contributed by atoms with Crippen LogP contribution in [0.3, 0.4) is 0 Å². The number of aliphatic carboxylic acids is 1. The monoisotopic (exact) mass is 278 g/mol. The van der Waals surface area contributed by atoms with Gasteiger partial charge < -0.3 is 15.3 Å². The van der Waals surface area contributed by atoms with Gasteiger partial charge >= 0.3 is 12.1 Å². The average Bonchev–Trinajstić information content (AvgIpc) is 2.35. The number of alkyl halides is 3. The summed E-state index contributed by atoms with van der Waals surface area (Å²) in [6.45, 7) is 0. The van der Waals surface area contributed by atoms with Crippen LogP contribution in [-0.4, -0.2) is 33.7 Å². The summed E-state index contributed by atoms with van der Waals surface area (Å²) in [6.07, 6.45) is -9.13. The van der Waals surface area contributed by atoms with Gasteiger partial charge in [0.2, 0.25) is 0 Å². The Bertz CT molecular complexity index is 498. The van der Waals surface area contributed by atoms with Gasteiger partial charge in [0.1, 0.15) is 6.10 Å². The molecule has 0 bridgehead atoms. The van der Waals surface area contributed by atoms with Crippen LogP contribution in [0.25, 0.3) is 0 Å². The highest BCUT2D eigenvalue weighted by atomic mass is 19.4. The molecule has 0 aliphatic rings. The Balaban J connectivity index is 3.26. The lowest BCUT2D eigenvalue weighted by Crippen LogP contribution is -2.27. The Labute approximate surface area is 104 Å². The number of rotatable bonds is 4. The molecular formula is C11H9F3O5. The van der Waals surface area contributed by atoms with E-state index in [0.29, 0.717) is 6.07 Å². The van der Waals surface area contributed by atoms with Gasteiger partial charge in [0.15, 0.2) is 12.4 Å². The molecular weight excluding hydrogens is 269 g/mol. The fourth-order valence-electron chi connectivity index (χ4n) is 1.42. The van der Waals surface area contributed by atoms with Crippen LogP contribution >= 0.6 is 0 Å². The molecule has 0 aliphatic heterocycles. The molecule has 1 aromatic rings. The molecule has 8 heteroatoms. The second kappa shape index (κ2) is 5.37. The zero-order valence-corrected chi connectivity index (χ0v) is 9.26. The van der Waals surface area contributed by atoms with Gasteiger partial charge in [0, 0.05) is 5.56 Å². The Kier molecular flexibility index (Phi) is 4.28. The highest BCUT2D eigenvalue weighted by Crippen LogP contribution is 2.33. The summed E-state index contributed by atoms with van der Waals surface area (Å²) < 4.78 is 37.9. The number of hydrogen-bond donors (Lipinski definition) is 3. The van der Waals surface area contributed by atoms with Crippen molar-refractivity contribution < 1.29 is 38.1 Å². The third-order valence-electron chi connectivity index (χ3n) is 2.40. The number of halogens is 3. The van der Waals surface area contributed by atoms with E-state index >= 15 is 0 Å². The number of benzene rings is 1. The molecule has 0 radical (unpaired) electrons. The first-order valence-electron chi connectivity index (χ1n) is 4.93. The normalized spacial score (nSPS) is 14.8. The maximum absolute atomic E-state index is 12.6. The Morgan fingerprint density at radius 1 is 1.26 bits per heavy atom. The van der Waals surface area contributed by atoms with Crippen LogP contribution in [0.5, 0.6) is 0 Å². The quantitative estimate of drug-likeness (QED) is 0.714. The van der Waals surface area contributed by atoms with Crippen LogP contribution in [0.2, 0.25) is 0 Å². The van der Waals surface area contributed by atoms with Crippen molar-refractivity contribution in [1.29, 1.82) is 0 Å². The molecule has 104 valence electrons. The third-order valence-corrected chi connectivity index (χ3v) is 2.40. The molecule has 3 N–H and O–H groups in total. The van der Waals surface area contributed by atoms with E-state index in [1.165, 1.54) is 0 Å². The van der Waals surface area contributed by atoms with Gasteiger partial charge in [0.05, 0.1) is 5.56 Å². The van der Waals surface area contributed by atoms with Crippen LogP contribution in [-0.2, 0) is 11.0 Å². The van der Waals surface area contributed by atoms with Crippen LogP contribution in [0, 0.1) is 0 Å². The van der Waals surface area contributed by atoms with Crippen molar-refractivity contribution in [2.75, 3.05) is 0 Å². The molecule has 0 spiro atoms. The van der Waals surface area contributed by atoms with Gasteiger partial charge in [-0.1, -0.05) is 12.1 Å². The third kappa shape index (κ3) is 3.30. The number of carbonyl (C=O) groups excluding carboxylic acids is 1. The van der Waals surface area contributed by atoms with Crippen molar-refractivity contribution in [3.63, 3.8) is 0 Å². The van der Waals surface area contributed by atoms with E-state index in [1.54, 1.807) is 0 Å². The minimum Gasteiger partial charge on any atom is -0.479 e. The summed E-state index contributed by atoms with van der Waals surface area (Å²) in [5.41, 5.74) is -2.40. The molecule has 0 saturated heterocycles. The molecule has 2 atom stereocenters. The van der Waals surface area contributed by atoms with Crippen molar-refractivity contribution in [3.05, 3.63) is 34.9 Å². The number of carbonyl (C=O) groups is 2. The molecule has 2 unspecified atom stereocenters. The predicted octanol–water partition coefficient (Wildman–Crippen LogP) is 0.997. The van der Waals surface area contributed by atoms with E-state index in [2.05, 4.69) is 0 Å². The first kappa shape index (κ1) is 15.1. The summed E-state index contributed by atoms with van der Waals surface area (Å²) in [4.78, 5) is 20.9. The lowest BCUT2D eigenvalue weighted by Gasteiger charge is -2.17. The summed E-state index contributed by atoms with van der Waals surface area (Å²) >= 11 is 0. The van der Waals surface area contributed by atoms with E-state index in [4.69, 9.17) is 10.2 Å². The van der Waals surface area contributed by atoms with Crippen LogP contribution in [0.4, 0.5) is 13.2 Å². The lowest BCUT2D eigenvalue weighted by molar-refractivity contribution is -0.153. The number of aliphatic hydroxyl groups is 2. The molecule has 0 fully saturated rings. The number of carboxylic acid groups (broad SMARTS) is 1. The van der Waals surface area contributed by atoms with Crippen molar-refractivity contribution in [1.82, 2.24) is 0 Å².